The highest BCUT2D eigenvalue weighted by Gasteiger charge is 2.44. The molecule has 0 N–H and O–H groups in total. The normalized spacial score (nSPS) is 26.7. The maximum atomic E-state index is 12.3. The average molecular weight is 307 g/mol. The molecule has 3 rings (SSSR count). The van der Waals surface area contributed by atoms with Gasteiger partial charge in [-0.2, -0.15) is 0 Å². The molecule has 2 heterocycles. The van der Waals surface area contributed by atoms with Gasteiger partial charge in [-0.05, 0) is 18.3 Å². The van der Waals surface area contributed by atoms with Gasteiger partial charge in [-0.1, -0.05) is 25.7 Å². The highest BCUT2D eigenvalue weighted by molar-refractivity contribution is 6.44. The van der Waals surface area contributed by atoms with Gasteiger partial charge in [0.15, 0.2) is 0 Å². The third-order valence-electron chi connectivity index (χ3n) is 5.19. The molecular formula is C15H21N3O4. The second-order valence-corrected chi connectivity index (χ2v) is 6.47. The lowest BCUT2D eigenvalue weighted by molar-refractivity contribution is -0.144. The molecule has 3 aliphatic rings. The molecule has 2 saturated heterocycles. The quantitative estimate of drug-likeness (QED) is 0.560. The maximum Gasteiger partial charge on any atom is 0.334 e. The monoisotopic (exact) mass is 307 g/mol. The van der Waals surface area contributed by atoms with Crippen LogP contribution in [0.5, 0.6) is 0 Å². The number of imide groups is 2. The van der Waals surface area contributed by atoms with Crippen molar-refractivity contribution in [3.63, 3.8) is 0 Å². The third kappa shape index (κ3) is 2.48. The summed E-state index contributed by atoms with van der Waals surface area (Å²) < 4.78 is 0. The molecule has 22 heavy (non-hydrogen) atoms. The van der Waals surface area contributed by atoms with Gasteiger partial charge in [0, 0.05) is 20.1 Å². The number of urea groups is 1. The number of hydrogen-bond donors (Lipinski definition) is 0. The van der Waals surface area contributed by atoms with E-state index in [1.165, 1.54) is 32.7 Å². The molecule has 3 fully saturated rings. The zero-order valence-corrected chi connectivity index (χ0v) is 12.8. The second-order valence-electron chi connectivity index (χ2n) is 6.47. The summed E-state index contributed by atoms with van der Waals surface area (Å²) in [6.45, 7) is 1.06. The fraction of sp³-hybridized carbons (Fsp3) is 0.733. The first-order valence-corrected chi connectivity index (χ1v) is 7.90. The van der Waals surface area contributed by atoms with E-state index in [0.29, 0.717) is 24.9 Å². The van der Waals surface area contributed by atoms with Gasteiger partial charge in [0.25, 0.3) is 0 Å². The lowest BCUT2D eigenvalue weighted by atomic mass is 9.90. The molecule has 1 unspecified atom stereocenters. The minimum absolute atomic E-state index is 0.245. The average Bonchev–Trinajstić information content (AvgIpc) is 3.22. The number of carbonyl (C=O) groups excluding carboxylic acids is 4. The first kappa shape index (κ1) is 15.0. The van der Waals surface area contributed by atoms with Gasteiger partial charge in [0.05, 0.1) is 0 Å². The Morgan fingerprint density at radius 1 is 1.05 bits per heavy atom. The Hall–Kier alpha value is -1.92. The van der Waals surface area contributed by atoms with Crippen LogP contribution in [0.25, 0.3) is 0 Å². The molecule has 0 aromatic heterocycles. The summed E-state index contributed by atoms with van der Waals surface area (Å²) in [5, 5.41) is 0. The van der Waals surface area contributed by atoms with Crippen LogP contribution in [0.1, 0.15) is 32.1 Å². The molecular weight excluding hydrogens is 286 g/mol. The van der Waals surface area contributed by atoms with E-state index in [0.717, 1.165) is 16.2 Å². The van der Waals surface area contributed by atoms with E-state index in [4.69, 9.17) is 0 Å². The molecule has 0 aromatic rings. The summed E-state index contributed by atoms with van der Waals surface area (Å²) in [7, 11) is 1.25. The molecule has 0 aromatic carbocycles. The first-order valence-electron chi connectivity index (χ1n) is 7.90. The van der Waals surface area contributed by atoms with E-state index >= 15 is 0 Å². The largest absolute Gasteiger partial charge is 0.341 e. The van der Waals surface area contributed by atoms with Gasteiger partial charge in [0.2, 0.25) is 5.91 Å². The molecule has 0 bridgehead atoms. The van der Waals surface area contributed by atoms with Crippen molar-refractivity contribution in [2.45, 2.75) is 32.1 Å². The van der Waals surface area contributed by atoms with E-state index in [-0.39, 0.29) is 12.5 Å². The SMILES string of the molecule is CN1C(=O)C(=O)N(CC(=O)N2CCC(C3CCCC3)C2)C1=O. The predicted molar refractivity (Wildman–Crippen MR) is 76.5 cm³/mol. The Bertz CT molecular complexity index is 527. The zero-order valence-electron chi connectivity index (χ0n) is 12.8. The van der Waals surface area contributed by atoms with E-state index in [1.807, 2.05) is 0 Å². The van der Waals surface area contributed by atoms with Crippen LogP contribution in [0, 0.1) is 11.8 Å². The summed E-state index contributed by atoms with van der Waals surface area (Å²) in [4.78, 5) is 50.5. The summed E-state index contributed by atoms with van der Waals surface area (Å²) in [6.07, 6.45) is 6.04. The van der Waals surface area contributed by atoms with Gasteiger partial charge < -0.3 is 4.90 Å². The number of likely N-dealkylation sites (N-methyl/N-ethyl adjacent to an activating group) is 1. The zero-order chi connectivity index (χ0) is 15.9. The Kier molecular flexibility index (Phi) is 3.88. The Balaban J connectivity index is 1.58. The van der Waals surface area contributed by atoms with Crippen LogP contribution in [-0.4, -0.2) is 65.1 Å². The number of hydrogen-bond acceptors (Lipinski definition) is 4. The number of rotatable bonds is 3. The number of carbonyl (C=O) groups is 4. The summed E-state index contributed by atoms with van der Waals surface area (Å²) in [6, 6.07) is -0.713. The highest BCUT2D eigenvalue weighted by atomic mass is 16.2. The Morgan fingerprint density at radius 3 is 2.32 bits per heavy atom. The van der Waals surface area contributed by atoms with Crippen LogP contribution < -0.4 is 0 Å². The molecule has 0 radical (unpaired) electrons. The van der Waals surface area contributed by atoms with Crippen LogP contribution in [0.3, 0.4) is 0 Å². The molecule has 5 amide bonds. The van der Waals surface area contributed by atoms with Crippen LogP contribution in [0.2, 0.25) is 0 Å². The van der Waals surface area contributed by atoms with Crippen molar-refractivity contribution >= 4 is 23.8 Å². The van der Waals surface area contributed by atoms with Crippen LogP contribution in [0.4, 0.5) is 4.79 Å². The minimum atomic E-state index is -0.910. The number of nitrogens with zero attached hydrogens (tertiary/aromatic N) is 3. The van der Waals surface area contributed by atoms with Crippen molar-refractivity contribution in [1.82, 2.24) is 14.7 Å². The maximum absolute atomic E-state index is 12.3. The van der Waals surface area contributed by atoms with Crippen LogP contribution in [0.15, 0.2) is 0 Å². The molecule has 0 spiro atoms. The molecule has 2 aliphatic heterocycles. The summed E-state index contributed by atoms with van der Waals surface area (Å²) in [5.41, 5.74) is 0. The molecule has 1 aliphatic carbocycles. The van der Waals surface area contributed by atoms with E-state index in [1.54, 1.807) is 4.90 Å². The van der Waals surface area contributed by atoms with Gasteiger partial charge in [-0.3, -0.25) is 19.3 Å². The van der Waals surface area contributed by atoms with E-state index < -0.39 is 17.8 Å². The van der Waals surface area contributed by atoms with Crippen LogP contribution in [-0.2, 0) is 14.4 Å². The van der Waals surface area contributed by atoms with Gasteiger partial charge >= 0.3 is 17.8 Å². The predicted octanol–water partition coefficient (Wildman–Crippen LogP) is 0.446. The fourth-order valence-corrected chi connectivity index (χ4v) is 3.82. The molecule has 120 valence electrons. The van der Waals surface area contributed by atoms with Crippen molar-refractivity contribution < 1.29 is 19.2 Å². The summed E-state index contributed by atoms with van der Waals surface area (Å²) in [5.74, 6) is -0.776. The third-order valence-corrected chi connectivity index (χ3v) is 5.19. The number of amides is 5. The van der Waals surface area contributed by atoms with Crippen molar-refractivity contribution in [3.8, 4) is 0 Å². The van der Waals surface area contributed by atoms with Crippen molar-refractivity contribution in [2.24, 2.45) is 11.8 Å². The van der Waals surface area contributed by atoms with Gasteiger partial charge in [-0.15, -0.1) is 0 Å². The fourth-order valence-electron chi connectivity index (χ4n) is 3.82. The second kappa shape index (κ2) is 5.70. The molecule has 1 atom stereocenters. The number of likely N-dealkylation sites (tertiary alicyclic amines) is 1. The topological polar surface area (TPSA) is 78.0 Å². The standard InChI is InChI=1S/C15H21N3O4/c1-16-13(20)14(21)18(15(16)22)9-12(19)17-7-6-11(8-17)10-4-2-3-5-10/h10-11H,2-9H2,1H3. The molecule has 1 saturated carbocycles. The Labute approximate surface area is 129 Å². The van der Waals surface area contributed by atoms with Crippen molar-refractivity contribution in [2.75, 3.05) is 26.7 Å². The lowest BCUT2D eigenvalue weighted by Crippen LogP contribution is -2.42. The van der Waals surface area contributed by atoms with Crippen LogP contribution >= 0.6 is 0 Å². The van der Waals surface area contributed by atoms with Gasteiger partial charge in [-0.25, -0.2) is 9.69 Å². The summed E-state index contributed by atoms with van der Waals surface area (Å²) >= 11 is 0. The first-order chi connectivity index (χ1) is 10.5. The Morgan fingerprint density at radius 2 is 1.73 bits per heavy atom. The molecule has 7 nitrogen and oxygen atoms in total. The van der Waals surface area contributed by atoms with Crippen molar-refractivity contribution in [3.05, 3.63) is 0 Å². The molecule has 7 heteroatoms. The van der Waals surface area contributed by atoms with Gasteiger partial charge in [0.1, 0.15) is 6.54 Å². The van der Waals surface area contributed by atoms with E-state index in [9.17, 15) is 19.2 Å². The van der Waals surface area contributed by atoms with Crippen molar-refractivity contribution in [1.29, 1.82) is 0 Å². The lowest BCUT2D eigenvalue weighted by Gasteiger charge is -2.21. The van der Waals surface area contributed by atoms with E-state index in [2.05, 4.69) is 0 Å². The highest BCUT2D eigenvalue weighted by Crippen LogP contribution is 2.36. The minimum Gasteiger partial charge on any atom is -0.341 e. The smallest absolute Gasteiger partial charge is 0.334 e.